The third kappa shape index (κ3) is 6.91. The van der Waals surface area contributed by atoms with Gasteiger partial charge < -0.3 is 20.1 Å². The Bertz CT molecular complexity index is 614. The van der Waals surface area contributed by atoms with Gasteiger partial charge in [0.15, 0.2) is 5.96 Å². The maximum absolute atomic E-state index is 4.67. The number of rotatable bonds is 9. The molecule has 0 atom stereocenters. The van der Waals surface area contributed by atoms with Gasteiger partial charge in [0.25, 0.3) is 0 Å². The summed E-state index contributed by atoms with van der Waals surface area (Å²) in [7, 11) is 4.13. The Morgan fingerprint density at radius 2 is 1.80 bits per heavy atom. The second kappa shape index (κ2) is 10.4. The molecule has 2 aromatic rings. The largest absolute Gasteiger partial charge is 0.378 e. The number of nitrogens with one attached hydrogen (secondary N) is 2. The van der Waals surface area contributed by atoms with Crippen LogP contribution in [0.2, 0.25) is 0 Å². The molecule has 0 radical (unpaired) electrons. The van der Waals surface area contributed by atoms with E-state index in [0.717, 1.165) is 45.0 Å². The first-order valence-corrected chi connectivity index (χ1v) is 9.08. The van der Waals surface area contributed by atoms with E-state index in [0.29, 0.717) is 0 Å². The van der Waals surface area contributed by atoms with Gasteiger partial charge in [-0.05, 0) is 49.6 Å². The van der Waals surface area contributed by atoms with Crippen LogP contribution < -0.4 is 15.5 Å². The predicted octanol–water partition coefficient (Wildman–Crippen LogP) is 2.74. The Morgan fingerprint density at radius 1 is 1.08 bits per heavy atom. The number of aliphatic imine (C=N–C) groups is 1. The van der Waals surface area contributed by atoms with E-state index in [2.05, 4.69) is 82.8 Å². The van der Waals surface area contributed by atoms with E-state index in [1.54, 1.807) is 0 Å². The molecule has 1 aromatic heterocycles. The normalized spacial score (nSPS) is 11.4. The summed E-state index contributed by atoms with van der Waals surface area (Å²) in [5.74, 6) is 0.901. The van der Waals surface area contributed by atoms with Crippen molar-refractivity contribution in [2.24, 2.45) is 4.99 Å². The zero-order valence-electron chi connectivity index (χ0n) is 15.7. The summed E-state index contributed by atoms with van der Waals surface area (Å²) in [6.45, 7) is 5.60. The summed E-state index contributed by atoms with van der Waals surface area (Å²) in [4.78, 5) is 6.79. The van der Waals surface area contributed by atoms with Crippen molar-refractivity contribution in [1.29, 1.82) is 0 Å². The Morgan fingerprint density at radius 3 is 2.44 bits per heavy atom. The van der Waals surface area contributed by atoms with Gasteiger partial charge in [-0.15, -0.1) is 0 Å². The number of aromatic nitrogens is 1. The lowest BCUT2D eigenvalue weighted by Gasteiger charge is -2.13. The highest BCUT2D eigenvalue weighted by Crippen LogP contribution is 2.13. The summed E-state index contributed by atoms with van der Waals surface area (Å²) in [6.07, 6.45) is 6.26. The van der Waals surface area contributed by atoms with Crippen molar-refractivity contribution >= 4 is 11.6 Å². The van der Waals surface area contributed by atoms with E-state index in [-0.39, 0.29) is 0 Å². The number of guanidine groups is 1. The van der Waals surface area contributed by atoms with Crippen molar-refractivity contribution in [3.63, 3.8) is 0 Å². The standard InChI is InChI=1S/C20H31N5/c1-4-21-20(23-14-17-25-15-5-6-16-25)22-13-7-8-18-9-11-19(12-10-18)24(2)3/h5-6,9-12,15-16H,4,7-8,13-14,17H2,1-3H3,(H2,21,22,23). The van der Waals surface area contributed by atoms with Gasteiger partial charge in [-0.25, -0.2) is 0 Å². The SMILES string of the molecule is CCNC(=NCCCc1ccc(N(C)C)cc1)NCCn1cccc1. The van der Waals surface area contributed by atoms with E-state index in [1.165, 1.54) is 11.3 Å². The molecule has 0 unspecified atom stereocenters. The summed E-state index contributed by atoms with van der Waals surface area (Å²) < 4.78 is 2.16. The summed E-state index contributed by atoms with van der Waals surface area (Å²) >= 11 is 0. The van der Waals surface area contributed by atoms with Crippen LogP contribution in [-0.4, -0.2) is 44.3 Å². The van der Waals surface area contributed by atoms with Crippen molar-refractivity contribution in [3.05, 3.63) is 54.4 Å². The average molecular weight is 342 g/mol. The molecule has 0 amide bonds. The third-order valence-electron chi connectivity index (χ3n) is 4.02. The molecule has 1 heterocycles. The zero-order chi connectivity index (χ0) is 17.9. The second-order valence-electron chi connectivity index (χ2n) is 6.27. The average Bonchev–Trinajstić information content (AvgIpc) is 3.12. The van der Waals surface area contributed by atoms with Gasteiger partial charge >= 0.3 is 0 Å². The molecule has 0 saturated heterocycles. The van der Waals surface area contributed by atoms with Gasteiger partial charge in [0.1, 0.15) is 0 Å². The Kier molecular flexibility index (Phi) is 7.89. The Balaban J connectivity index is 1.72. The van der Waals surface area contributed by atoms with Gasteiger partial charge in [-0.1, -0.05) is 12.1 Å². The highest BCUT2D eigenvalue weighted by atomic mass is 15.2. The fourth-order valence-electron chi connectivity index (χ4n) is 2.60. The van der Waals surface area contributed by atoms with Crippen molar-refractivity contribution in [2.75, 3.05) is 38.6 Å². The van der Waals surface area contributed by atoms with Crippen molar-refractivity contribution in [1.82, 2.24) is 15.2 Å². The zero-order valence-corrected chi connectivity index (χ0v) is 15.7. The molecule has 2 rings (SSSR count). The maximum Gasteiger partial charge on any atom is 0.191 e. The molecule has 0 saturated carbocycles. The Hall–Kier alpha value is -2.43. The maximum atomic E-state index is 4.67. The van der Waals surface area contributed by atoms with E-state index >= 15 is 0 Å². The van der Waals surface area contributed by atoms with Crippen LogP contribution in [0.3, 0.4) is 0 Å². The minimum atomic E-state index is 0.828. The van der Waals surface area contributed by atoms with Gasteiger partial charge in [0.05, 0.1) is 0 Å². The molecular formula is C20H31N5. The van der Waals surface area contributed by atoms with Crippen molar-refractivity contribution in [2.45, 2.75) is 26.3 Å². The smallest absolute Gasteiger partial charge is 0.191 e. The van der Waals surface area contributed by atoms with Crippen LogP contribution in [-0.2, 0) is 13.0 Å². The van der Waals surface area contributed by atoms with Gasteiger partial charge in [-0.3, -0.25) is 4.99 Å². The van der Waals surface area contributed by atoms with Crippen LogP contribution in [0.5, 0.6) is 0 Å². The van der Waals surface area contributed by atoms with E-state index < -0.39 is 0 Å². The number of benzene rings is 1. The van der Waals surface area contributed by atoms with Crippen LogP contribution >= 0.6 is 0 Å². The molecule has 0 aliphatic heterocycles. The fraction of sp³-hybridized carbons (Fsp3) is 0.450. The predicted molar refractivity (Wildman–Crippen MR) is 108 cm³/mol. The summed E-state index contributed by atoms with van der Waals surface area (Å²) in [6, 6.07) is 12.9. The van der Waals surface area contributed by atoms with E-state index in [9.17, 15) is 0 Å². The van der Waals surface area contributed by atoms with Gasteiger partial charge in [-0.2, -0.15) is 0 Å². The lowest BCUT2D eigenvalue weighted by Crippen LogP contribution is -2.38. The molecular weight excluding hydrogens is 310 g/mol. The second-order valence-corrected chi connectivity index (χ2v) is 6.27. The molecule has 5 heteroatoms. The molecule has 0 spiro atoms. The minimum Gasteiger partial charge on any atom is -0.378 e. The van der Waals surface area contributed by atoms with Crippen LogP contribution in [0.25, 0.3) is 0 Å². The van der Waals surface area contributed by atoms with Crippen molar-refractivity contribution in [3.8, 4) is 0 Å². The van der Waals surface area contributed by atoms with Crippen LogP contribution in [0.15, 0.2) is 53.8 Å². The highest BCUT2D eigenvalue weighted by molar-refractivity contribution is 5.79. The molecule has 0 fully saturated rings. The number of hydrogen-bond donors (Lipinski definition) is 2. The minimum absolute atomic E-state index is 0.828. The lowest BCUT2D eigenvalue weighted by atomic mass is 10.1. The van der Waals surface area contributed by atoms with Crippen LogP contribution in [0.1, 0.15) is 18.9 Å². The first-order chi connectivity index (χ1) is 12.2. The van der Waals surface area contributed by atoms with E-state index in [4.69, 9.17) is 0 Å². The topological polar surface area (TPSA) is 44.6 Å². The molecule has 0 aliphatic carbocycles. The number of hydrogen-bond acceptors (Lipinski definition) is 2. The number of nitrogens with zero attached hydrogens (tertiary/aromatic N) is 3. The third-order valence-corrected chi connectivity index (χ3v) is 4.02. The first kappa shape index (κ1) is 18.9. The summed E-state index contributed by atoms with van der Waals surface area (Å²) in [5.41, 5.74) is 2.61. The molecule has 136 valence electrons. The molecule has 5 nitrogen and oxygen atoms in total. The number of anilines is 1. The van der Waals surface area contributed by atoms with Crippen LogP contribution in [0, 0.1) is 0 Å². The highest BCUT2D eigenvalue weighted by Gasteiger charge is 1.99. The lowest BCUT2D eigenvalue weighted by molar-refractivity contribution is 0.664. The Labute approximate surface area is 151 Å². The molecule has 0 bridgehead atoms. The first-order valence-electron chi connectivity index (χ1n) is 9.08. The number of aryl methyl sites for hydroxylation is 1. The van der Waals surface area contributed by atoms with Gasteiger partial charge in [0, 0.05) is 58.4 Å². The van der Waals surface area contributed by atoms with E-state index in [1.807, 2.05) is 12.1 Å². The van der Waals surface area contributed by atoms with Crippen molar-refractivity contribution < 1.29 is 0 Å². The van der Waals surface area contributed by atoms with Crippen LogP contribution in [0.4, 0.5) is 5.69 Å². The fourth-order valence-corrected chi connectivity index (χ4v) is 2.60. The summed E-state index contributed by atoms with van der Waals surface area (Å²) in [5, 5.41) is 6.70. The molecule has 2 N–H and O–H groups in total. The monoisotopic (exact) mass is 341 g/mol. The quantitative estimate of drug-likeness (QED) is 0.419. The van der Waals surface area contributed by atoms with Gasteiger partial charge in [0.2, 0.25) is 0 Å². The molecule has 25 heavy (non-hydrogen) atoms. The molecule has 1 aromatic carbocycles. The molecule has 0 aliphatic rings.